The average molecular weight is 435 g/mol. The summed E-state index contributed by atoms with van der Waals surface area (Å²) >= 11 is 6.02. The fourth-order valence-electron chi connectivity index (χ4n) is 3.50. The number of likely N-dealkylation sites (N-methyl/N-ethyl adjacent to an activating group) is 1. The van der Waals surface area contributed by atoms with E-state index in [-0.39, 0.29) is 12.3 Å². The Morgan fingerprint density at radius 2 is 2.17 bits per heavy atom. The molecule has 3 rings (SSSR count). The summed E-state index contributed by atoms with van der Waals surface area (Å²) in [6.45, 7) is 2.19. The first-order valence-electron chi connectivity index (χ1n) is 9.92. The minimum Gasteiger partial charge on any atom is -0.481 e. The van der Waals surface area contributed by atoms with Gasteiger partial charge < -0.3 is 19.5 Å². The third kappa shape index (κ3) is 5.21. The van der Waals surface area contributed by atoms with E-state index in [0.717, 1.165) is 22.5 Å². The second kappa shape index (κ2) is 9.80. The Kier molecular flexibility index (Phi) is 7.15. The summed E-state index contributed by atoms with van der Waals surface area (Å²) in [5, 5.41) is 11.6. The summed E-state index contributed by atoms with van der Waals surface area (Å²) in [6, 6.07) is 6.06. The van der Waals surface area contributed by atoms with Crippen LogP contribution in [0.4, 0.5) is 5.69 Å². The molecule has 0 aliphatic carbocycles. The molecule has 1 amide bonds. The van der Waals surface area contributed by atoms with E-state index in [1.165, 1.54) is 0 Å². The monoisotopic (exact) mass is 434 g/mol. The number of aromatic nitrogens is 2. The van der Waals surface area contributed by atoms with E-state index < -0.39 is 5.97 Å². The van der Waals surface area contributed by atoms with Crippen molar-refractivity contribution in [3.8, 4) is 0 Å². The number of imidazole rings is 1. The van der Waals surface area contributed by atoms with Crippen LogP contribution in [0.15, 0.2) is 23.2 Å². The predicted octanol–water partition coefficient (Wildman–Crippen LogP) is 1.44. The molecule has 0 spiro atoms. The minimum absolute atomic E-state index is 0.0466. The lowest BCUT2D eigenvalue weighted by atomic mass is 10.2. The number of carboxylic acids is 1. The lowest BCUT2D eigenvalue weighted by Crippen LogP contribution is -2.31. The standard InChI is InChI=1S/C20H27ClN6O3/c1-25-13-18(28)24-20(25)22-9-11-27(10-8-21)14-6-7-15-16(12-14)26(2)17(23-15)4-3-5-19(29)30/h6-7,12H,3-5,8-11,13H2,1-2H3,(H,29,30)(H,22,24,28). The number of nitrogens with one attached hydrogen (secondary N) is 1. The molecule has 1 aromatic carbocycles. The summed E-state index contributed by atoms with van der Waals surface area (Å²) in [6.07, 6.45) is 1.31. The van der Waals surface area contributed by atoms with E-state index in [1.807, 2.05) is 30.8 Å². The molecule has 0 bridgehead atoms. The molecular weight excluding hydrogens is 408 g/mol. The Labute approximate surface area is 180 Å². The Bertz CT molecular complexity index is 957. The van der Waals surface area contributed by atoms with Gasteiger partial charge in [0.1, 0.15) is 5.82 Å². The Balaban J connectivity index is 1.73. The van der Waals surface area contributed by atoms with Crippen molar-refractivity contribution in [3.63, 3.8) is 0 Å². The van der Waals surface area contributed by atoms with E-state index in [1.54, 1.807) is 4.90 Å². The highest BCUT2D eigenvalue weighted by Crippen LogP contribution is 2.23. The summed E-state index contributed by atoms with van der Waals surface area (Å²) in [5.74, 6) is 1.11. The molecular formula is C20H27ClN6O3. The van der Waals surface area contributed by atoms with Gasteiger partial charge >= 0.3 is 5.97 Å². The number of nitrogens with zero attached hydrogens (tertiary/aromatic N) is 5. The Hall–Kier alpha value is -2.81. The van der Waals surface area contributed by atoms with Crippen LogP contribution in [0.5, 0.6) is 0 Å². The van der Waals surface area contributed by atoms with Crippen LogP contribution in [0, 0.1) is 0 Å². The van der Waals surface area contributed by atoms with Gasteiger partial charge in [-0.05, 0) is 24.6 Å². The number of anilines is 1. The van der Waals surface area contributed by atoms with Crippen molar-refractivity contribution in [3.05, 3.63) is 24.0 Å². The third-order valence-corrected chi connectivity index (χ3v) is 5.26. The molecule has 1 saturated heterocycles. The minimum atomic E-state index is -0.792. The molecule has 0 radical (unpaired) electrons. The molecule has 1 fully saturated rings. The molecule has 162 valence electrons. The number of halogens is 1. The fraction of sp³-hybridized carbons (Fsp3) is 0.500. The summed E-state index contributed by atoms with van der Waals surface area (Å²) in [4.78, 5) is 35.3. The number of carbonyl (C=O) groups is 2. The molecule has 2 N–H and O–H groups in total. The maximum Gasteiger partial charge on any atom is 0.303 e. The van der Waals surface area contributed by atoms with Crippen LogP contribution in [-0.4, -0.2) is 76.5 Å². The van der Waals surface area contributed by atoms with Crippen molar-refractivity contribution in [1.82, 2.24) is 19.8 Å². The number of hydrogen-bond donors (Lipinski definition) is 2. The molecule has 10 heteroatoms. The van der Waals surface area contributed by atoms with Crippen molar-refractivity contribution in [2.45, 2.75) is 19.3 Å². The van der Waals surface area contributed by atoms with Gasteiger partial charge in [0.2, 0.25) is 11.9 Å². The molecule has 1 aliphatic heterocycles. The molecule has 2 heterocycles. The molecule has 0 unspecified atom stereocenters. The smallest absolute Gasteiger partial charge is 0.303 e. The number of hydrogen-bond acceptors (Lipinski definition) is 5. The number of guanidine groups is 1. The van der Waals surface area contributed by atoms with Gasteiger partial charge in [-0.15, -0.1) is 11.6 Å². The number of alkyl halides is 1. The second-order valence-electron chi connectivity index (χ2n) is 7.29. The summed E-state index contributed by atoms with van der Waals surface area (Å²) in [7, 11) is 3.78. The van der Waals surface area contributed by atoms with E-state index in [0.29, 0.717) is 50.9 Å². The number of carbonyl (C=O) groups excluding carboxylic acids is 1. The van der Waals surface area contributed by atoms with Crippen LogP contribution in [-0.2, 0) is 23.1 Å². The van der Waals surface area contributed by atoms with Gasteiger partial charge in [0.25, 0.3) is 0 Å². The van der Waals surface area contributed by atoms with Crippen molar-refractivity contribution in [2.75, 3.05) is 44.0 Å². The van der Waals surface area contributed by atoms with Crippen molar-refractivity contribution >= 4 is 46.2 Å². The zero-order valence-corrected chi connectivity index (χ0v) is 18.0. The zero-order chi connectivity index (χ0) is 21.7. The highest BCUT2D eigenvalue weighted by atomic mass is 35.5. The number of fused-ring (bicyclic) bond motifs is 1. The number of carboxylic acid groups (broad SMARTS) is 1. The van der Waals surface area contributed by atoms with Crippen LogP contribution in [0.1, 0.15) is 18.7 Å². The SMILES string of the molecule is CN1CC(=O)NC1=NCCN(CCCl)c1ccc2nc(CCCC(=O)O)n(C)c2c1. The average Bonchev–Trinajstić information content (AvgIpc) is 3.19. The van der Waals surface area contributed by atoms with E-state index in [4.69, 9.17) is 16.7 Å². The molecule has 2 aromatic rings. The fourth-order valence-corrected chi connectivity index (χ4v) is 3.71. The predicted molar refractivity (Wildman–Crippen MR) is 117 cm³/mol. The largest absolute Gasteiger partial charge is 0.481 e. The van der Waals surface area contributed by atoms with Gasteiger partial charge in [0.15, 0.2) is 0 Å². The van der Waals surface area contributed by atoms with E-state index >= 15 is 0 Å². The first-order valence-corrected chi connectivity index (χ1v) is 10.5. The number of aliphatic imine (C=N–C) groups is 1. The molecule has 1 aliphatic rings. The summed E-state index contributed by atoms with van der Waals surface area (Å²) < 4.78 is 2.02. The van der Waals surface area contributed by atoms with Gasteiger partial charge in [-0.3, -0.25) is 19.9 Å². The topological polar surface area (TPSA) is 103 Å². The van der Waals surface area contributed by atoms with E-state index in [9.17, 15) is 9.59 Å². The third-order valence-electron chi connectivity index (χ3n) is 5.09. The van der Waals surface area contributed by atoms with Crippen LogP contribution >= 0.6 is 11.6 Å². The van der Waals surface area contributed by atoms with Crippen LogP contribution in [0.3, 0.4) is 0 Å². The maximum atomic E-state index is 11.4. The van der Waals surface area contributed by atoms with Gasteiger partial charge in [-0.25, -0.2) is 4.98 Å². The Morgan fingerprint density at radius 3 is 2.83 bits per heavy atom. The number of amides is 1. The quantitative estimate of drug-likeness (QED) is 0.548. The van der Waals surface area contributed by atoms with Gasteiger partial charge in [-0.1, -0.05) is 0 Å². The normalized spacial score (nSPS) is 15.2. The number of aryl methyl sites for hydroxylation is 2. The van der Waals surface area contributed by atoms with Crippen molar-refractivity contribution in [2.24, 2.45) is 12.0 Å². The molecule has 0 saturated carbocycles. The number of rotatable bonds is 10. The first-order chi connectivity index (χ1) is 14.4. The zero-order valence-electron chi connectivity index (χ0n) is 17.3. The Morgan fingerprint density at radius 1 is 1.37 bits per heavy atom. The lowest BCUT2D eigenvalue weighted by Gasteiger charge is -2.23. The van der Waals surface area contributed by atoms with Crippen LogP contribution in [0.25, 0.3) is 11.0 Å². The molecule has 9 nitrogen and oxygen atoms in total. The number of benzene rings is 1. The molecule has 0 atom stereocenters. The molecule has 1 aromatic heterocycles. The number of aliphatic carboxylic acids is 1. The highest BCUT2D eigenvalue weighted by Gasteiger charge is 2.21. The van der Waals surface area contributed by atoms with Gasteiger partial charge in [0.05, 0.1) is 24.1 Å². The van der Waals surface area contributed by atoms with Crippen LogP contribution < -0.4 is 10.2 Å². The van der Waals surface area contributed by atoms with Gasteiger partial charge in [0, 0.05) is 51.6 Å². The second-order valence-corrected chi connectivity index (χ2v) is 7.67. The van der Waals surface area contributed by atoms with E-state index in [2.05, 4.69) is 26.3 Å². The summed E-state index contributed by atoms with van der Waals surface area (Å²) in [5.41, 5.74) is 2.90. The van der Waals surface area contributed by atoms with Gasteiger partial charge in [-0.2, -0.15) is 0 Å². The van der Waals surface area contributed by atoms with Crippen molar-refractivity contribution in [1.29, 1.82) is 0 Å². The van der Waals surface area contributed by atoms with Crippen molar-refractivity contribution < 1.29 is 14.7 Å². The van der Waals surface area contributed by atoms with Crippen LogP contribution in [0.2, 0.25) is 0 Å². The first kappa shape index (κ1) is 21.9. The lowest BCUT2D eigenvalue weighted by molar-refractivity contribution is -0.137. The molecule has 30 heavy (non-hydrogen) atoms. The highest BCUT2D eigenvalue weighted by molar-refractivity contribution is 6.18. The maximum absolute atomic E-state index is 11.4.